The van der Waals surface area contributed by atoms with Gasteiger partial charge >= 0.3 is 0 Å². The smallest absolute Gasteiger partial charge is 0.230 e. The van der Waals surface area contributed by atoms with E-state index in [1.807, 2.05) is 59.5 Å². The first-order chi connectivity index (χ1) is 14.7. The second-order valence-electron chi connectivity index (χ2n) is 7.78. The van der Waals surface area contributed by atoms with E-state index in [9.17, 15) is 9.59 Å². The Morgan fingerprint density at radius 3 is 1.47 bits per heavy atom. The normalized spacial score (nSPS) is 13.9. The fourth-order valence-corrected chi connectivity index (χ4v) is 8.46. The fourth-order valence-electron chi connectivity index (χ4n) is 4.34. The first kappa shape index (κ1) is 20.5. The highest BCUT2D eigenvalue weighted by Crippen LogP contribution is 2.55. The number of Topliss-reactive ketones (excluding diaryl/α,β-unsaturated/α-hetero) is 1. The van der Waals surface area contributed by atoms with Crippen LogP contribution in [0.4, 0.5) is 0 Å². The number of rotatable bonds is 7. The van der Waals surface area contributed by atoms with Crippen molar-refractivity contribution in [3.63, 3.8) is 0 Å². The summed E-state index contributed by atoms with van der Waals surface area (Å²) in [6, 6.07) is 31.0. The summed E-state index contributed by atoms with van der Waals surface area (Å²) in [7, 11) is -2.22. The monoisotopic (exact) mass is 416 g/mol. The molecule has 4 rings (SSSR count). The van der Waals surface area contributed by atoms with Crippen LogP contribution in [0.15, 0.2) is 91.0 Å². The van der Waals surface area contributed by atoms with Crippen molar-refractivity contribution >= 4 is 34.9 Å². The highest BCUT2D eigenvalue weighted by atomic mass is 31.2. The predicted octanol–water partition coefficient (Wildman–Crippen LogP) is 3.56. The molecule has 0 spiro atoms. The van der Waals surface area contributed by atoms with Crippen LogP contribution in [0.25, 0.3) is 0 Å². The van der Waals surface area contributed by atoms with Crippen molar-refractivity contribution in [3.8, 4) is 0 Å². The van der Waals surface area contributed by atoms with E-state index < -0.39 is 7.26 Å². The molecule has 0 bridgehead atoms. The van der Waals surface area contributed by atoms with Crippen LogP contribution in [0.3, 0.4) is 0 Å². The Kier molecular flexibility index (Phi) is 6.40. The molecule has 1 aliphatic rings. The summed E-state index contributed by atoms with van der Waals surface area (Å²) in [4.78, 5) is 27.8. The SMILES string of the molecule is O=C(CC(=O)N1CCCC1)C[P+](c1ccccc1)(c1ccccc1)c1ccccc1. The first-order valence-corrected chi connectivity index (χ1v) is 12.5. The maximum Gasteiger partial charge on any atom is 0.230 e. The zero-order valence-electron chi connectivity index (χ0n) is 17.1. The van der Waals surface area contributed by atoms with Crippen molar-refractivity contribution < 1.29 is 9.59 Å². The molecule has 1 aliphatic heterocycles. The molecule has 1 amide bonds. The second-order valence-corrected chi connectivity index (χ2v) is 11.3. The topological polar surface area (TPSA) is 37.4 Å². The molecule has 0 saturated carbocycles. The van der Waals surface area contributed by atoms with Gasteiger partial charge in [-0.05, 0) is 49.2 Å². The van der Waals surface area contributed by atoms with Crippen LogP contribution in [0.2, 0.25) is 0 Å². The van der Waals surface area contributed by atoms with Crippen molar-refractivity contribution in [3.05, 3.63) is 91.0 Å². The molecule has 4 heteroatoms. The number of likely N-dealkylation sites (tertiary alicyclic amines) is 1. The standard InChI is InChI=1S/C26H27NO2P/c28-22(20-26(29)27-18-10-11-19-27)21-30(23-12-4-1-5-13-23,24-14-6-2-7-15-24)25-16-8-3-9-17-25/h1-9,12-17H,10-11,18-21H2/q+1. The van der Waals surface area contributed by atoms with E-state index in [0.29, 0.717) is 6.16 Å². The molecule has 1 fully saturated rings. The van der Waals surface area contributed by atoms with Gasteiger partial charge in [0.25, 0.3) is 0 Å². The Hall–Kier alpha value is -2.77. The number of carbonyl (C=O) groups excluding carboxylic acids is 2. The van der Waals surface area contributed by atoms with Crippen LogP contribution in [0, 0.1) is 0 Å². The number of amides is 1. The Morgan fingerprint density at radius 2 is 1.07 bits per heavy atom. The van der Waals surface area contributed by atoms with Gasteiger partial charge in [0.05, 0.1) is 6.42 Å². The van der Waals surface area contributed by atoms with Gasteiger partial charge in [0, 0.05) is 13.1 Å². The minimum absolute atomic E-state index is 0.00570. The van der Waals surface area contributed by atoms with Crippen LogP contribution in [0.1, 0.15) is 19.3 Å². The Morgan fingerprint density at radius 1 is 0.667 bits per heavy atom. The lowest BCUT2D eigenvalue weighted by molar-refractivity contribution is -0.133. The molecule has 3 aromatic rings. The zero-order valence-corrected chi connectivity index (χ0v) is 18.0. The lowest BCUT2D eigenvalue weighted by atomic mass is 10.3. The number of benzene rings is 3. The minimum atomic E-state index is -2.22. The van der Waals surface area contributed by atoms with Crippen molar-refractivity contribution in [2.75, 3.05) is 19.3 Å². The fraction of sp³-hybridized carbons (Fsp3) is 0.231. The molecule has 3 nitrogen and oxygen atoms in total. The summed E-state index contributed by atoms with van der Waals surface area (Å²) in [5, 5.41) is 3.51. The maximum absolute atomic E-state index is 13.3. The van der Waals surface area contributed by atoms with Crippen LogP contribution in [0.5, 0.6) is 0 Å². The van der Waals surface area contributed by atoms with Crippen molar-refractivity contribution in [2.24, 2.45) is 0 Å². The lowest BCUT2D eigenvalue weighted by Crippen LogP contribution is -2.37. The molecule has 152 valence electrons. The third kappa shape index (κ3) is 4.22. The molecule has 30 heavy (non-hydrogen) atoms. The highest BCUT2D eigenvalue weighted by molar-refractivity contribution is 7.96. The van der Waals surface area contributed by atoms with Gasteiger partial charge in [0.1, 0.15) is 29.3 Å². The van der Waals surface area contributed by atoms with Gasteiger partial charge in [-0.25, -0.2) is 0 Å². The third-order valence-corrected chi connectivity index (χ3v) is 10.2. The van der Waals surface area contributed by atoms with Gasteiger partial charge in [0.15, 0.2) is 5.78 Å². The molecular formula is C26H27NO2P+. The molecule has 0 unspecified atom stereocenters. The number of hydrogen-bond acceptors (Lipinski definition) is 2. The van der Waals surface area contributed by atoms with Gasteiger partial charge in [0.2, 0.25) is 5.91 Å². The lowest BCUT2D eigenvalue weighted by Gasteiger charge is -2.27. The number of hydrogen-bond donors (Lipinski definition) is 0. The molecule has 0 aliphatic carbocycles. The summed E-state index contributed by atoms with van der Waals surface area (Å²) in [5.41, 5.74) is 0. The summed E-state index contributed by atoms with van der Waals surface area (Å²) in [6.45, 7) is 1.56. The minimum Gasteiger partial charge on any atom is -0.342 e. The van der Waals surface area contributed by atoms with E-state index in [1.165, 1.54) is 15.9 Å². The van der Waals surface area contributed by atoms with E-state index in [2.05, 4.69) is 36.4 Å². The van der Waals surface area contributed by atoms with Crippen LogP contribution in [-0.2, 0) is 9.59 Å². The Labute approximate surface area is 179 Å². The number of carbonyl (C=O) groups is 2. The average molecular weight is 416 g/mol. The summed E-state index contributed by atoms with van der Waals surface area (Å²) in [6.07, 6.45) is 2.43. The van der Waals surface area contributed by atoms with Crippen LogP contribution >= 0.6 is 7.26 Å². The Bertz CT molecular complexity index is 887. The van der Waals surface area contributed by atoms with Crippen LogP contribution in [-0.4, -0.2) is 35.8 Å². The van der Waals surface area contributed by atoms with Gasteiger partial charge < -0.3 is 4.90 Å². The van der Waals surface area contributed by atoms with Crippen molar-refractivity contribution in [2.45, 2.75) is 19.3 Å². The van der Waals surface area contributed by atoms with Gasteiger partial charge in [-0.15, -0.1) is 0 Å². The van der Waals surface area contributed by atoms with E-state index in [-0.39, 0.29) is 18.1 Å². The largest absolute Gasteiger partial charge is 0.342 e. The maximum atomic E-state index is 13.3. The summed E-state index contributed by atoms with van der Waals surface area (Å²) in [5.74, 6) is 0.00146. The van der Waals surface area contributed by atoms with E-state index in [4.69, 9.17) is 0 Å². The predicted molar refractivity (Wildman–Crippen MR) is 125 cm³/mol. The number of nitrogens with zero attached hydrogens (tertiary/aromatic N) is 1. The first-order valence-electron chi connectivity index (χ1n) is 10.5. The molecule has 3 aromatic carbocycles. The van der Waals surface area contributed by atoms with Crippen molar-refractivity contribution in [1.82, 2.24) is 4.90 Å². The van der Waals surface area contributed by atoms with Crippen molar-refractivity contribution in [1.29, 1.82) is 0 Å². The molecular weight excluding hydrogens is 389 g/mol. The molecule has 0 N–H and O–H groups in total. The third-order valence-electron chi connectivity index (χ3n) is 5.81. The Balaban J connectivity index is 1.76. The zero-order chi connectivity index (χ0) is 20.8. The van der Waals surface area contributed by atoms with Gasteiger partial charge in [-0.3, -0.25) is 9.59 Å². The second kappa shape index (κ2) is 9.36. The van der Waals surface area contributed by atoms with Crippen LogP contribution < -0.4 is 15.9 Å². The van der Waals surface area contributed by atoms with Gasteiger partial charge in [-0.2, -0.15) is 0 Å². The molecule has 1 saturated heterocycles. The molecule has 0 radical (unpaired) electrons. The molecule has 0 aromatic heterocycles. The van der Waals surface area contributed by atoms with E-state index >= 15 is 0 Å². The van der Waals surface area contributed by atoms with Gasteiger partial charge in [-0.1, -0.05) is 54.6 Å². The molecule has 1 heterocycles. The quantitative estimate of drug-likeness (QED) is 0.436. The summed E-state index contributed by atoms with van der Waals surface area (Å²) >= 11 is 0. The van der Waals surface area contributed by atoms with E-state index in [1.54, 1.807) is 0 Å². The highest BCUT2D eigenvalue weighted by Gasteiger charge is 2.47. The number of ketones is 1. The summed E-state index contributed by atoms with van der Waals surface area (Å²) < 4.78 is 0. The van der Waals surface area contributed by atoms with E-state index in [0.717, 1.165) is 25.9 Å². The molecule has 0 atom stereocenters. The average Bonchev–Trinajstić information content (AvgIpc) is 3.34.